The summed E-state index contributed by atoms with van der Waals surface area (Å²) in [6.07, 6.45) is 0. The van der Waals surface area contributed by atoms with Crippen molar-refractivity contribution < 1.29 is 13.9 Å². The molecule has 4 heteroatoms. The second-order valence-electron chi connectivity index (χ2n) is 5.48. The van der Waals surface area contributed by atoms with Gasteiger partial charge in [-0.15, -0.1) is 0 Å². The zero-order valence-corrected chi connectivity index (χ0v) is 13.4. The van der Waals surface area contributed by atoms with Gasteiger partial charge in [0.2, 0.25) is 0 Å². The molecule has 3 aromatic rings. The van der Waals surface area contributed by atoms with Crippen molar-refractivity contribution in [2.24, 2.45) is 0 Å². The van der Waals surface area contributed by atoms with Crippen LogP contribution in [-0.2, 0) is 0 Å². The number of carbonyl (C=O) groups excluding carboxylic acids is 1. The number of fused-ring (bicyclic) bond motifs is 1. The molecule has 0 spiro atoms. The van der Waals surface area contributed by atoms with Crippen molar-refractivity contribution in [2.45, 2.75) is 13.0 Å². The van der Waals surface area contributed by atoms with Gasteiger partial charge in [0.05, 0.1) is 18.7 Å². The number of amides is 1. The molecule has 0 fully saturated rings. The number of nitrogens with zero attached hydrogens (tertiary/aromatic N) is 1. The van der Waals surface area contributed by atoms with Crippen molar-refractivity contribution in [1.82, 2.24) is 4.90 Å². The van der Waals surface area contributed by atoms with Gasteiger partial charge in [-0.25, -0.2) is 0 Å². The molecular formula is C19H19NO3. The molecule has 0 bridgehead atoms. The standard InChI is InChI=1S/C19H19NO3/c1-13(18-12-14-8-4-6-10-16(14)23-18)20(2)19(21)15-9-5-7-11-17(15)22-3/h4-13H,1-3H3/t13-/m1/s1. The Kier molecular flexibility index (Phi) is 4.06. The molecule has 0 saturated carbocycles. The first-order valence-corrected chi connectivity index (χ1v) is 7.50. The van der Waals surface area contributed by atoms with Gasteiger partial charge < -0.3 is 14.1 Å². The van der Waals surface area contributed by atoms with Crippen molar-refractivity contribution in [1.29, 1.82) is 0 Å². The van der Waals surface area contributed by atoms with E-state index >= 15 is 0 Å². The fraction of sp³-hybridized carbons (Fsp3) is 0.211. The van der Waals surface area contributed by atoms with E-state index < -0.39 is 0 Å². The lowest BCUT2D eigenvalue weighted by molar-refractivity contribution is 0.0724. The summed E-state index contributed by atoms with van der Waals surface area (Å²) in [5.41, 5.74) is 1.37. The van der Waals surface area contributed by atoms with Gasteiger partial charge in [0.25, 0.3) is 5.91 Å². The molecule has 0 saturated heterocycles. The Hall–Kier alpha value is -2.75. The number of furan rings is 1. The van der Waals surface area contributed by atoms with E-state index in [0.717, 1.165) is 16.7 Å². The summed E-state index contributed by atoms with van der Waals surface area (Å²) >= 11 is 0. The lowest BCUT2D eigenvalue weighted by atomic mass is 10.1. The minimum Gasteiger partial charge on any atom is -0.496 e. The number of hydrogen-bond acceptors (Lipinski definition) is 3. The summed E-state index contributed by atoms with van der Waals surface area (Å²) in [5, 5.41) is 1.03. The SMILES string of the molecule is COc1ccccc1C(=O)N(C)[C@H](C)c1cc2ccccc2o1. The molecule has 1 heterocycles. The van der Waals surface area contributed by atoms with Crippen LogP contribution in [0, 0.1) is 0 Å². The largest absolute Gasteiger partial charge is 0.496 e. The predicted molar refractivity (Wildman–Crippen MR) is 89.7 cm³/mol. The molecule has 23 heavy (non-hydrogen) atoms. The van der Waals surface area contributed by atoms with E-state index in [2.05, 4.69) is 0 Å². The first-order valence-electron chi connectivity index (χ1n) is 7.50. The highest BCUT2D eigenvalue weighted by Gasteiger charge is 2.23. The quantitative estimate of drug-likeness (QED) is 0.722. The zero-order chi connectivity index (χ0) is 16.4. The second-order valence-corrected chi connectivity index (χ2v) is 5.48. The average molecular weight is 309 g/mol. The van der Waals surface area contributed by atoms with Crippen LogP contribution in [0.5, 0.6) is 5.75 Å². The number of ether oxygens (including phenoxy) is 1. The van der Waals surface area contributed by atoms with E-state index in [9.17, 15) is 4.79 Å². The van der Waals surface area contributed by atoms with Crippen molar-refractivity contribution in [3.8, 4) is 5.75 Å². The summed E-state index contributed by atoms with van der Waals surface area (Å²) in [4.78, 5) is 14.4. The van der Waals surface area contributed by atoms with Crippen LogP contribution in [0.25, 0.3) is 11.0 Å². The van der Waals surface area contributed by atoms with Gasteiger partial charge in [-0.05, 0) is 31.2 Å². The van der Waals surface area contributed by atoms with Crippen LogP contribution in [0.15, 0.2) is 59.0 Å². The van der Waals surface area contributed by atoms with Crippen LogP contribution in [0.3, 0.4) is 0 Å². The Morgan fingerprint density at radius 2 is 1.83 bits per heavy atom. The van der Waals surface area contributed by atoms with Crippen LogP contribution < -0.4 is 4.74 Å². The summed E-state index contributed by atoms with van der Waals surface area (Å²) < 4.78 is 11.1. The predicted octanol–water partition coefficient (Wildman–Crippen LogP) is 4.27. The van der Waals surface area contributed by atoms with Crippen molar-refractivity contribution >= 4 is 16.9 Å². The molecular weight excluding hydrogens is 290 g/mol. The summed E-state index contributed by atoms with van der Waals surface area (Å²) in [6, 6.07) is 16.8. The van der Waals surface area contributed by atoms with Crippen molar-refractivity contribution in [3.63, 3.8) is 0 Å². The number of rotatable bonds is 4. The van der Waals surface area contributed by atoms with Crippen LogP contribution >= 0.6 is 0 Å². The number of hydrogen-bond donors (Lipinski definition) is 0. The minimum atomic E-state index is -0.181. The first kappa shape index (κ1) is 15.2. The molecule has 2 aromatic carbocycles. The van der Waals surface area contributed by atoms with Crippen molar-refractivity contribution in [3.05, 3.63) is 65.9 Å². The molecule has 0 aliphatic rings. The van der Waals surface area contributed by atoms with Gasteiger partial charge >= 0.3 is 0 Å². The lowest BCUT2D eigenvalue weighted by Crippen LogP contribution is -2.29. The second kappa shape index (κ2) is 6.16. The molecule has 0 radical (unpaired) electrons. The monoisotopic (exact) mass is 309 g/mol. The molecule has 4 nitrogen and oxygen atoms in total. The van der Waals surface area contributed by atoms with Crippen molar-refractivity contribution in [2.75, 3.05) is 14.2 Å². The molecule has 1 amide bonds. The molecule has 0 unspecified atom stereocenters. The summed E-state index contributed by atoms with van der Waals surface area (Å²) in [7, 11) is 3.33. The van der Waals surface area contributed by atoms with Gasteiger partial charge in [0.15, 0.2) is 0 Å². The van der Waals surface area contributed by atoms with Crippen LogP contribution in [0.2, 0.25) is 0 Å². The molecule has 118 valence electrons. The normalized spacial score (nSPS) is 12.1. The number of benzene rings is 2. The van der Waals surface area contributed by atoms with E-state index in [-0.39, 0.29) is 11.9 Å². The fourth-order valence-electron chi connectivity index (χ4n) is 2.59. The maximum Gasteiger partial charge on any atom is 0.257 e. The Balaban J connectivity index is 1.89. The van der Waals surface area contributed by atoms with Crippen LogP contribution in [-0.4, -0.2) is 25.0 Å². The first-order chi connectivity index (χ1) is 11.1. The van der Waals surface area contributed by atoms with E-state index in [4.69, 9.17) is 9.15 Å². The third kappa shape index (κ3) is 2.80. The topological polar surface area (TPSA) is 42.7 Å². The van der Waals surface area contributed by atoms with Gasteiger partial charge in [-0.3, -0.25) is 4.79 Å². The third-order valence-electron chi connectivity index (χ3n) is 4.10. The van der Waals surface area contributed by atoms with Gasteiger partial charge in [-0.2, -0.15) is 0 Å². The highest BCUT2D eigenvalue weighted by atomic mass is 16.5. The smallest absolute Gasteiger partial charge is 0.257 e. The van der Waals surface area contributed by atoms with Gasteiger partial charge in [0, 0.05) is 12.4 Å². The number of para-hydroxylation sites is 2. The Morgan fingerprint density at radius 1 is 1.13 bits per heavy atom. The Morgan fingerprint density at radius 3 is 2.57 bits per heavy atom. The third-order valence-corrected chi connectivity index (χ3v) is 4.10. The molecule has 1 atom stereocenters. The maximum absolute atomic E-state index is 12.8. The fourth-order valence-corrected chi connectivity index (χ4v) is 2.59. The van der Waals surface area contributed by atoms with Gasteiger partial charge in [-0.1, -0.05) is 30.3 Å². The zero-order valence-electron chi connectivity index (χ0n) is 13.4. The van der Waals surface area contributed by atoms with E-state index in [1.165, 1.54) is 0 Å². The van der Waals surface area contributed by atoms with Crippen LogP contribution in [0.4, 0.5) is 0 Å². The number of carbonyl (C=O) groups is 1. The summed E-state index contributed by atoms with van der Waals surface area (Å²) in [5.74, 6) is 1.23. The summed E-state index contributed by atoms with van der Waals surface area (Å²) in [6.45, 7) is 1.95. The van der Waals surface area contributed by atoms with Gasteiger partial charge in [0.1, 0.15) is 17.1 Å². The Bertz CT molecular complexity index is 804. The van der Waals surface area contributed by atoms with E-state index in [0.29, 0.717) is 11.3 Å². The molecule has 1 aromatic heterocycles. The highest BCUT2D eigenvalue weighted by Crippen LogP contribution is 2.28. The van der Waals surface area contributed by atoms with E-state index in [1.54, 1.807) is 31.2 Å². The number of methoxy groups -OCH3 is 1. The average Bonchev–Trinajstić information content (AvgIpc) is 3.03. The lowest BCUT2D eigenvalue weighted by Gasteiger charge is -2.24. The maximum atomic E-state index is 12.8. The molecule has 0 aliphatic carbocycles. The van der Waals surface area contributed by atoms with Crippen LogP contribution in [0.1, 0.15) is 29.1 Å². The molecule has 0 N–H and O–H groups in total. The molecule has 3 rings (SSSR count). The minimum absolute atomic E-state index is 0.101. The molecule has 0 aliphatic heterocycles. The highest BCUT2D eigenvalue weighted by molar-refractivity contribution is 5.97. The Labute approximate surface area is 135 Å². The van der Waals surface area contributed by atoms with E-state index in [1.807, 2.05) is 49.4 Å².